The summed E-state index contributed by atoms with van der Waals surface area (Å²) in [7, 11) is 4.81. The van der Waals surface area contributed by atoms with E-state index in [9.17, 15) is 10.2 Å². The van der Waals surface area contributed by atoms with Crippen LogP contribution >= 0.6 is 0 Å². The molecule has 146 valence electrons. The lowest BCUT2D eigenvalue weighted by Crippen LogP contribution is -3.00. The van der Waals surface area contributed by atoms with Crippen molar-refractivity contribution in [3.63, 3.8) is 0 Å². The highest BCUT2D eigenvalue weighted by atomic mass is 79.9. The predicted molar refractivity (Wildman–Crippen MR) is 104 cm³/mol. The number of rotatable bonds is 4. The zero-order valence-corrected chi connectivity index (χ0v) is 17.8. The largest absolute Gasteiger partial charge is 1.00 e. The molecule has 2 aromatic carbocycles. The van der Waals surface area contributed by atoms with Crippen LogP contribution < -0.4 is 17.0 Å². The Labute approximate surface area is 173 Å². The molecule has 0 amide bonds. The van der Waals surface area contributed by atoms with Crippen molar-refractivity contribution in [3.8, 4) is 11.5 Å². The lowest BCUT2D eigenvalue weighted by Gasteiger charge is -2.45. The molecule has 27 heavy (non-hydrogen) atoms. The van der Waals surface area contributed by atoms with Crippen molar-refractivity contribution in [1.82, 2.24) is 0 Å². The minimum Gasteiger partial charge on any atom is -1.00 e. The molecule has 2 bridgehead atoms. The fraction of sp³-hybridized carbons (Fsp3) is 0.478. The first kappa shape index (κ1) is 20.2. The molecule has 3 atom stereocenters. The Morgan fingerprint density at radius 1 is 0.889 bits per heavy atom. The van der Waals surface area contributed by atoms with Crippen LogP contribution in [0.4, 0.5) is 0 Å². The number of hydrogen-bond acceptors (Lipinski definition) is 2. The van der Waals surface area contributed by atoms with Gasteiger partial charge >= 0.3 is 0 Å². The van der Waals surface area contributed by atoms with Gasteiger partial charge in [-0.25, -0.2) is 0 Å². The third-order valence-electron chi connectivity index (χ3n) is 7.04. The second-order valence-corrected chi connectivity index (χ2v) is 8.83. The summed E-state index contributed by atoms with van der Waals surface area (Å²) in [4.78, 5) is 0. The van der Waals surface area contributed by atoms with E-state index in [-0.39, 0.29) is 22.9 Å². The van der Waals surface area contributed by atoms with Gasteiger partial charge in [0.15, 0.2) is 0 Å². The van der Waals surface area contributed by atoms with Gasteiger partial charge in [-0.05, 0) is 47.7 Å². The van der Waals surface area contributed by atoms with Crippen LogP contribution in [0.25, 0.3) is 0 Å². The van der Waals surface area contributed by atoms with Gasteiger partial charge in [-0.3, -0.25) is 0 Å². The quantitative estimate of drug-likeness (QED) is 0.722. The van der Waals surface area contributed by atoms with Gasteiger partial charge in [0.2, 0.25) is 0 Å². The van der Waals surface area contributed by atoms with E-state index < -0.39 is 0 Å². The minimum atomic E-state index is 0. The van der Waals surface area contributed by atoms with Gasteiger partial charge in [0, 0.05) is 31.6 Å². The third-order valence-corrected chi connectivity index (χ3v) is 7.04. The van der Waals surface area contributed by atoms with Crippen molar-refractivity contribution in [3.05, 3.63) is 59.7 Å². The maximum Gasteiger partial charge on any atom is 0.115 e. The van der Waals surface area contributed by atoms with Crippen LogP contribution in [-0.2, 0) is 0 Å². The van der Waals surface area contributed by atoms with Crippen molar-refractivity contribution in [2.75, 3.05) is 14.1 Å². The number of aromatic hydroxyl groups is 2. The van der Waals surface area contributed by atoms with Crippen molar-refractivity contribution in [1.29, 1.82) is 0 Å². The monoisotopic (exact) mass is 431 g/mol. The summed E-state index contributed by atoms with van der Waals surface area (Å²) in [5.74, 6) is 1.55. The van der Waals surface area contributed by atoms with Gasteiger partial charge in [-0.15, -0.1) is 0 Å². The number of halogens is 1. The molecule has 0 radical (unpaired) electrons. The van der Waals surface area contributed by atoms with Crippen LogP contribution in [0.3, 0.4) is 0 Å². The molecule has 3 nitrogen and oxygen atoms in total. The summed E-state index contributed by atoms with van der Waals surface area (Å²) in [5.41, 5.74) is 2.28. The number of benzene rings is 2. The maximum absolute atomic E-state index is 9.98. The van der Waals surface area contributed by atoms with E-state index in [2.05, 4.69) is 26.2 Å². The summed E-state index contributed by atoms with van der Waals surface area (Å²) in [6.45, 7) is 0. The van der Waals surface area contributed by atoms with Crippen LogP contribution in [0.15, 0.2) is 48.5 Å². The first-order valence-corrected chi connectivity index (χ1v) is 9.84. The predicted octanol–water partition coefficient (Wildman–Crippen LogP) is 1.64. The van der Waals surface area contributed by atoms with Crippen molar-refractivity contribution >= 4 is 0 Å². The summed E-state index contributed by atoms with van der Waals surface area (Å²) in [6.07, 6.45) is 6.38. The van der Waals surface area contributed by atoms with Gasteiger partial charge in [-0.1, -0.05) is 24.3 Å². The highest BCUT2D eigenvalue weighted by Crippen LogP contribution is 2.46. The SMILES string of the molecule is C[N+]1(C)[C@@H]2CC[C@H]1C[C@@H](CC(c1cccc(O)c1)c1cccc(O)c1)C2.[Br-]. The highest BCUT2D eigenvalue weighted by molar-refractivity contribution is 5.39. The Hall–Kier alpha value is -1.52. The summed E-state index contributed by atoms with van der Waals surface area (Å²) < 4.78 is 1.19. The summed E-state index contributed by atoms with van der Waals surface area (Å²) in [6, 6.07) is 16.8. The van der Waals surface area contributed by atoms with E-state index >= 15 is 0 Å². The minimum absolute atomic E-state index is 0. The second kappa shape index (κ2) is 7.84. The Morgan fingerprint density at radius 3 is 1.81 bits per heavy atom. The molecular weight excluding hydrogens is 402 g/mol. The second-order valence-electron chi connectivity index (χ2n) is 8.83. The number of quaternary nitrogens is 1. The Bertz CT molecular complexity index is 730. The summed E-state index contributed by atoms with van der Waals surface area (Å²) >= 11 is 0. The van der Waals surface area contributed by atoms with Gasteiger partial charge in [0.25, 0.3) is 0 Å². The molecule has 4 heteroatoms. The number of fused-ring (bicyclic) bond motifs is 2. The molecule has 4 rings (SSSR count). The number of hydrogen-bond donors (Lipinski definition) is 2. The van der Waals surface area contributed by atoms with Crippen molar-refractivity contribution in [2.45, 2.75) is 50.1 Å². The standard InChI is InChI=1S/C23H29NO2.BrH/c1-24(2)19-9-10-20(24)12-16(11-19)13-23(17-5-3-7-21(25)14-17)18-6-4-8-22(26)15-18;/h3-8,14-16,19-20,23H,9-13H2,1-2H3,(H-,25,26);1H/t16-,19+,20-;. The van der Waals surface area contributed by atoms with Crippen LogP contribution in [0, 0.1) is 5.92 Å². The fourth-order valence-corrected chi connectivity index (χ4v) is 5.47. The van der Waals surface area contributed by atoms with E-state index in [1.165, 1.54) is 30.2 Å². The van der Waals surface area contributed by atoms with Gasteiger partial charge in [0.05, 0.1) is 26.2 Å². The molecule has 2 aliphatic heterocycles. The molecule has 2 aromatic rings. The zero-order chi connectivity index (χ0) is 18.3. The molecule has 0 unspecified atom stereocenters. The molecule has 0 aromatic heterocycles. The van der Waals surface area contributed by atoms with Crippen LogP contribution in [-0.4, -0.2) is 40.9 Å². The topological polar surface area (TPSA) is 40.5 Å². The van der Waals surface area contributed by atoms with Crippen LogP contribution in [0.5, 0.6) is 11.5 Å². The summed E-state index contributed by atoms with van der Waals surface area (Å²) in [5, 5.41) is 20.0. The molecule has 0 saturated carbocycles. The number of piperidine rings is 1. The molecular formula is C23H30BrNO2. The van der Waals surface area contributed by atoms with Crippen LogP contribution in [0.1, 0.15) is 49.1 Å². The zero-order valence-electron chi connectivity index (χ0n) is 16.2. The Balaban J connectivity index is 0.00000210. The fourth-order valence-electron chi connectivity index (χ4n) is 5.47. The molecule has 2 N–H and O–H groups in total. The molecule has 2 fully saturated rings. The number of nitrogens with zero attached hydrogens (tertiary/aromatic N) is 1. The Kier molecular flexibility index (Phi) is 5.87. The number of phenols is 2. The van der Waals surface area contributed by atoms with Gasteiger partial charge in [-0.2, -0.15) is 0 Å². The molecule has 2 saturated heterocycles. The van der Waals surface area contributed by atoms with E-state index in [0.717, 1.165) is 29.6 Å². The van der Waals surface area contributed by atoms with E-state index in [1.54, 1.807) is 12.1 Å². The first-order valence-electron chi connectivity index (χ1n) is 9.84. The first-order chi connectivity index (χ1) is 12.4. The van der Waals surface area contributed by atoms with E-state index in [0.29, 0.717) is 17.4 Å². The van der Waals surface area contributed by atoms with Gasteiger partial charge < -0.3 is 31.7 Å². The normalized spacial score (nSPS) is 26.0. The van der Waals surface area contributed by atoms with E-state index in [1.807, 2.05) is 24.3 Å². The van der Waals surface area contributed by atoms with Crippen molar-refractivity contribution < 1.29 is 31.7 Å². The van der Waals surface area contributed by atoms with E-state index in [4.69, 9.17) is 0 Å². The molecule has 0 spiro atoms. The Morgan fingerprint density at radius 2 is 1.37 bits per heavy atom. The lowest BCUT2D eigenvalue weighted by molar-refractivity contribution is -0.931. The average molecular weight is 432 g/mol. The molecule has 2 heterocycles. The maximum atomic E-state index is 9.98. The van der Waals surface area contributed by atoms with Crippen LogP contribution in [0.2, 0.25) is 0 Å². The lowest BCUT2D eigenvalue weighted by atomic mass is 9.78. The average Bonchev–Trinajstić information content (AvgIpc) is 2.77. The highest BCUT2D eigenvalue weighted by Gasteiger charge is 2.49. The van der Waals surface area contributed by atoms with Gasteiger partial charge in [0.1, 0.15) is 11.5 Å². The molecule has 0 aliphatic carbocycles. The smallest absolute Gasteiger partial charge is 0.115 e. The number of phenolic OH excluding ortho intramolecular Hbond substituents is 2. The van der Waals surface area contributed by atoms with Crippen molar-refractivity contribution in [2.24, 2.45) is 5.92 Å². The third kappa shape index (κ3) is 4.02. The molecule has 2 aliphatic rings.